The Morgan fingerprint density at radius 2 is 2.27 bits per heavy atom. The van der Waals surface area contributed by atoms with Crippen LogP contribution in [0.15, 0.2) is 18.8 Å². The summed E-state index contributed by atoms with van der Waals surface area (Å²) in [6.45, 7) is 4.62. The smallest absolute Gasteiger partial charge is 0.129 e. The minimum atomic E-state index is -0.0803. The molecule has 78 valence electrons. The summed E-state index contributed by atoms with van der Waals surface area (Å²) in [5.41, 5.74) is 3.24. The van der Waals surface area contributed by atoms with E-state index in [1.165, 1.54) is 12.0 Å². The number of fused-ring (bicyclic) bond motifs is 2. The van der Waals surface area contributed by atoms with Crippen molar-refractivity contribution in [3.05, 3.63) is 35.1 Å². The second-order valence-corrected chi connectivity index (χ2v) is 4.68. The van der Waals surface area contributed by atoms with Gasteiger partial charge in [-0.3, -0.25) is 0 Å². The van der Waals surface area contributed by atoms with Gasteiger partial charge in [-0.15, -0.1) is 0 Å². The highest BCUT2D eigenvalue weighted by atomic mass is 35.5. The van der Waals surface area contributed by atoms with Crippen molar-refractivity contribution in [3.63, 3.8) is 0 Å². The third-order valence-corrected chi connectivity index (χ3v) is 3.63. The third-order valence-electron chi connectivity index (χ3n) is 3.43. The highest BCUT2D eigenvalue weighted by Gasteiger charge is 2.44. The number of aromatic nitrogens is 1. The van der Waals surface area contributed by atoms with Crippen LogP contribution in [0, 0.1) is 0 Å². The number of pyridine rings is 1. The summed E-state index contributed by atoms with van der Waals surface area (Å²) in [6.07, 6.45) is 5.23. The first-order valence-electron chi connectivity index (χ1n) is 5.19. The molecule has 1 saturated carbocycles. The zero-order valence-corrected chi connectivity index (χ0v) is 9.18. The molecule has 0 amide bonds. The molecule has 3 heteroatoms. The van der Waals surface area contributed by atoms with Crippen LogP contribution >= 0.6 is 11.6 Å². The lowest BCUT2D eigenvalue weighted by molar-refractivity contribution is -0.0976. The van der Waals surface area contributed by atoms with E-state index >= 15 is 0 Å². The summed E-state index contributed by atoms with van der Waals surface area (Å²) >= 11 is 5.94. The van der Waals surface area contributed by atoms with E-state index in [4.69, 9.17) is 16.3 Å². The van der Waals surface area contributed by atoms with Gasteiger partial charge in [-0.1, -0.05) is 18.2 Å². The summed E-state index contributed by atoms with van der Waals surface area (Å²) < 4.78 is 5.91. The molecule has 1 aliphatic carbocycles. The molecule has 1 fully saturated rings. The molecule has 2 nitrogen and oxygen atoms in total. The number of halogens is 1. The average molecular weight is 222 g/mol. The molecular weight excluding hydrogens is 210 g/mol. The second kappa shape index (κ2) is 3.06. The zero-order chi connectivity index (χ0) is 10.5. The largest absolute Gasteiger partial charge is 0.366 e. The van der Waals surface area contributed by atoms with Gasteiger partial charge in [0.1, 0.15) is 5.15 Å². The molecule has 1 aromatic rings. The fraction of sp³-hybridized carbons (Fsp3) is 0.417. The van der Waals surface area contributed by atoms with E-state index in [1.807, 2.05) is 12.3 Å². The first kappa shape index (κ1) is 9.37. The topological polar surface area (TPSA) is 22.1 Å². The lowest BCUT2D eigenvalue weighted by Crippen LogP contribution is -2.41. The average Bonchev–Trinajstić information content (AvgIpc) is 2.15. The Kier molecular flexibility index (Phi) is 1.91. The Morgan fingerprint density at radius 1 is 1.47 bits per heavy atom. The molecule has 0 saturated heterocycles. The predicted molar refractivity (Wildman–Crippen MR) is 59.8 cm³/mol. The van der Waals surface area contributed by atoms with Gasteiger partial charge < -0.3 is 4.74 Å². The number of hydrogen-bond donors (Lipinski definition) is 0. The van der Waals surface area contributed by atoms with Crippen LogP contribution in [0.5, 0.6) is 0 Å². The van der Waals surface area contributed by atoms with Gasteiger partial charge in [-0.2, -0.15) is 0 Å². The van der Waals surface area contributed by atoms with Crippen LogP contribution in [0.2, 0.25) is 5.15 Å². The highest BCUT2D eigenvalue weighted by molar-refractivity contribution is 6.29. The van der Waals surface area contributed by atoms with E-state index in [2.05, 4.69) is 11.6 Å². The predicted octanol–water partition coefficient (Wildman–Crippen LogP) is 3.16. The van der Waals surface area contributed by atoms with Crippen molar-refractivity contribution in [3.8, 4) is 0 Å². The highest BCUT2D eigenvalue weighted by Crippen LogP contribution is 2.50. The molecule has 0 aromatic carbocycles. The standard InChI is InChI=1S/C12H12ClNO/c1-8-7-15-12(3-2-4-12)10-5-11(13)14-6-9(8)10/h5-6H,1-4,7H2. The molecule has 0 atom stereocenters. The number of hydrogen-bond acceptors (Lipinski definition) is 2. The van der Waals surface area contributed by atoms with Crippen LogP contribution in [0.3, 0.4) is 0 Å². The van der Waals surface area contributed by atoms with Gasteiger partial charge in [0.15, 0.2) is 0 Å². The Labute approximate surface area is 93.9 Å². The molecule has 0 N–H and O–H groups in total. The molecule has 2 aliphatic rings. The Balaban J connectivity index is 2.18. The van der Waals surface area contributed by atoms with E-state index in [9.17, 15) is 0 Å². The van der Waals surface area contributed by atoms with Crippen LogP contribution in [0.4, 0.5) is 0 Å². The zero-order valence-electron chi connectivity index (χ0n) is 8.42. The minimum absolute atomic E-state index is 0.0803. The maximum atomic E-state index is 5.94. The molecule has 1 spiro atoms. The molecule has 15 heavy (non-hydrogen) atoms. The van der Waals surface area contributed by atoms with Crippen LogP contribution in [-0.4, -0.2) is 11.6 Å². The molecule has 0 unspecified atom stereocenters. The third kappa shape index (κ3) is 1.25. The maximum absolute atomic E-state index is 5.94. The normalized spacial score (nSPS) is 22.3. The van der Waals surface area contributed by atoms with Crippen molar-refractivity contribution in [1.82, 2.24) is 4.98 Å². The number of nitrogens with zero attached hydrogens (tertiary/aromatic N) is 1. The van der Waals surface area contributed by atoms with E-state index < -0.39 is 0 Å². The molecule has 0 bridgehead atoms. The fourth-order valence-electron chi connectivity index (χ4n) is 2.38. The molecule has 1 aromatic heterocycles. The van der Waals surface area contributed by atoms with E-state index in [0.717, 1.165) is 24.0 Å². The molecule has 2 heterocycles. The molecule has 0 radical (unpaired) electrons. The Morgan fingerprint density at radius 3 is 2.93 bits per heavy atom. The maximum Gasteiger partial charge on any atom is 0.129 e. The van der Waals surface area contributed by atoms with Crippen LogP contribution in [0.1, 0.15) is 30.4 Å². The van der Waals surface area contributed by atoms with Crippen LogP contribution < -0.4 is 0 Å². The van der Waals surface area contributed by atoms with Gasteiger partial charge in [-0.05, 0) is 36.5 Å². The Hall–Kier alpha value is -0.860. The van der Waals surface area contributed by atoms with Crippen LogP contribution in [0.25, 0.3) is 5.57 Å². The fourth-order valence-corrected chi connectivity index (χ4v) is 2.54. The van der Waals surface area contributed by atoms with Gasteiger partial charge in [0.25, 0.3) is 0 Å². The lowest BCUT2D eigenvalue weighted by Gasteiger charge is -2.46. The summed E-state index contributed by atoms with van der Waals surface area (Å²) in [5.74, 6) is 0. The van der Waals surface area contributed by atoms with Crippen LogP contribution in [-0.2, 0) is 10.3 Å². The van der Waals surface area contributed by atoms with Crippen molar-refractivity contribution in [2.45, 2.75) is 24.9 Å². The van der Waals surface area contributed by atoms with E-state index in [1.54, 1.807) is 0 Å². The van der Waals surface area contributed by atoms with Crippen molar-refractivity contribution >= 4 is 17.2 Å². The summed E-state index contributed by atoms with van der Waals surface area (Å²) in [5, 5.41) is 0.540. The van der Waals surface area contributed by atoms with Crippen molar-refractivity contribution < 1.29 is 4.74 Å². The minimum Gasteiger partial charge on any atom is -0.366 e. The summed E-state index contributed by atoms with van der Waals surface area (Å²) in [4.78, 5) is 4.12. The van der Waals surface area contributed by atoms with Crippen molar-refractivity contribution in [2.24, 2.45) is 0 Å². The van der Waals surface area contributed by atoms with Gasteiger partial charge in [-0.25, -0.2) is 4.98 Å². The SMILES string of the molecule is C=C1COC2(CCC2)c2cc(Cl)ncc21. The molecule has 3 rings (SSSR count). The first-order valence-corrected chi connectivity index (χ1v) is 5.57. The van der Waals surface area contributed by atoms with Gasteiger partial charge >= 0.3 is 0 Å². The number of ether oxygens (including phenoxy) is 1. The first-order chi connectivity index (χ1) is 7.21. The van der Waals surface area contributed by atoms with Gasteiger partial charge in [0.05, 0.1) is 12.2 Å². The summed E-state index contributed by atoms with van der Waals surface area (Å²) in [7, 11) is 0. The number of rotatable bonds is 0. The lowest BCUT2D eigenvalue weighted by atomic mass is 9.71. The Bertz CT molecular complexity index is 437. The second-order valence-electron chi connectivity index (χ2n) is 4.29. The van der Waals surface area contributed by atoms with E-state index in [0.29, 0.717) is 11.8 Å². The molecular formula is C12H12ClNO. The molecule has 1 aliphatic heterocycles. The van der Waals surface area contributed by atoms with Gasteiger partial charge in [0.2, 0.25) is 0 Å². The quantitative estimate of drug-likeness (QED) is 0.628. The van der Waals surface area contributed by atoms with E-state index in [-0.39, 0.29) is 5.60 Å². The summed E-state index contributed by atoms with van der Waals surface area (Å²) in [6, 6.07) is 1.93. The van der Waals surface area contributed by atoms with Crippen molar-refractivity contribution in [2.75, 3.05) is 6.61 Å². The van der Waals surface area contributed by atoms with Gasteiger partial charge in [0, 0.05) is 11.8 Å². The van der Waals surface area contributed by atoms with Crippen molar-refractivity contribution in [1.29, 1.82) is 0 Å². The monoisotopic (exact) mass is 221 g/mol.